The predicted octanol–water partition coefficient (Wildman–Crippen LogP) is 7.84. The minimum absolute atomic E-state index is 0.840. The van der Waals surface area contributed by atoms with E-state index >= 15 is 0 Å². The summed E-state index contributed by atoms with van der Waals surface area (Å²) >= 11 is 0. The largest absolute Gasteiger partial charge is 0.457 e. The molecule has 0 fully saturated rings. The van der Waals surface area contributed by atoms with Gasteiger partial charge in [-0.2, -0.15) is 0 Å². The van der Waals surface area contributed by atoms with Crippen LogP contribution in [-0.2, 0) is 0 Å². The van der Waals surface area contributed by atoms with Crippen LogP contribution in [0.25, 0.3) is 22.3 Å². The van der Waals surface area contributed by atoms with Gasteiger partial charge in [-0.3, -0.25) is 0 Å². The third-order valence-corrected chi connectivity index (χ3v) is 4.16. The van der Waals surface area contributed by atoms with E-state index in [9.17, 15) is 0 Å². The molecule has 0 bridgehead atoms. The van der Waals surface area contributed by atoms with Gasteiger partial charge in [0.05, 0.1) is 0 Å². The van der Waals surface area contributed by atoms with Crippen LogP contribution in [0.15, 0.2) is 109 Å². The molecule has 0 unspecified atom stereocenters. The second-order valence-corrected chi connectivity index (χ2v) is 5.88. The fraction of sp³-hybridized carbons (Fsp3) is 0.0769. The van der Waals surface area contributed by atoms with Gasteiger partial charge in [-0.1, -0.05) is 98.8 Å². The van der Waals surface area contributed by atoms with Gasteiger partial charge in [0.25, 0.3) is 0 Å². The van der Waals surface area contributed by atoms with Crippen molar-refractivity contribution < 1.29 is 4.74 Å². The van der Waals surface area contributed by atoms with E-state index in [0.717, 1.165) is 11.5 Å². The quantitative estimate of drug-likeness (QED) is 0.363. The Labute approximate surface area is 161 Å². The van der Waals surface area contributed by atoms with E-state index in [4.69, 9.17) is 4.74 Å². The summed E-state index contributed by atoms with van der Waals surface area (Å²) in [6.07, 6.45) is 0. The minimum atomic E-state index is 0.840. The zero-order chi connectivity index (χ0) is 18.9. The van der Waals surface area contributed by atoms with Crippen LogP contribution >= 0.6 is 0 Å². The Balaban J connectivity index is 0.00000102. The van der Waals surface area contributed by atoms with Crippen LogP contribution in [0.4, 0.5) is 0 Å². The maximum Gasteiger partial charge on any atom is 0.127 e. The molecule has 4 aromatic carbocycles. The highest BCUT2D eigenvalue weighted by Gasteiger charge is 2.01. The first-order valence-corrected chi connectivity index (χ1v) is 9.37. The Hall–Kier alpha value is -3.32. The van der Waals surface area contributed by atoms with Crippen molar-refractivity contribution >= 4 is 0 Å². The molecule has 0 aromatic heterocycles. The first kappa shape index (κ1) is 18.5. The van der Waals surface area contributed by atoms with Crippen molar-refractivity contribution in [1.82, 2.24) is 0 Å². The van der Waals surface area contributed by atoms with Gasteiger partial charge in [-0.05, 0) is 46.5 Å². The van der Waals surface area contributed by atoms with Crippen LogP contribution < -0.4 is 4.74 Å². The Bertz CT molecular complexity index is 844. The molecule has 0 saturated carbocycles. The summed E-state index contributed by atoms with van der Waals surface area (Å²) in [5.74, 6) is 1.68. The Morgan fingerprint density at radius 1 is 0.370 bits per heavy atom. The predicted molar refractivity (Wildman–Crippen MR) is 115 cm³/mol. The maximum atomic E-state index is 5.96. The van der Waals surface area contributed by atoms with E-state index in [1.807, 2.05) is 74.5 Å². The lowest BCUT2D eigenvalue weighted by atomic mass is 10.1. The molecule has 1 nitrogen and oxygen atoms in total. The van der Waals surface area contributed by atoms with Crippen molar-refractivity contribution in [3.05, 3.63) is 109 Å². The second-order valence-electron chi connectivity index (χ2n) is 5.88. The third kappa shape index (κ3) is 4.86. The van der Waals surface area contributed by atoms with Crippen molar-refractivity contribution in [2.75, 3.05) is 0 Å². The molecule has 0 heterocycles. The van der Waals surface area contributed by atoms with Gasteiger partial charge in [0, 0.05) is 0 Å². The van der Waals surface area contributed by atoms with Gasteiger partial charge in [0.15, 0.2) is 0 Å². The van der Waals surface area contributed by atoms with Crippen molar-refractivity contribution in [1.29, 1.82) is 0 Å². The first-order valence-electron chi connectivity index (χ1n) is 9.37. The summed E-state index contributed by atoms with van der Waals surface area (Å²) in [5.41, 5.74) is 4.79. The highest BCUT2D eigenvalue weighted by molar-refractivity contribution is 5.65. The number of hydrogen-bond donors (Lipinski definition) is 0. The summed E-state index contributed by atoms with van der Waals surface area (Å²) in [5, 5.41) is 0. The Morgan fingerprint density at radius 2 is 0.667 bits per heavy atom. The van der Waals surface area contributed by atoms with Gasteiger partial charge in [0.2, 0.25) is 0 Å². The lowest BCUT2D eigenvalue weighted by Crippen LogP contribution is -1.85. The minimum Gasteiger partial charge on any atom is -0.457 e. The molecule has 27 heavy (non-hydrogen) atoms. The van der Waals surface area contributed by atoms with Gasteiger partial charge in [-0.25, -0.2) is 0 Å². The maximum absolute atomic E-state index is 5.96. The molecule has 0 aliphatic heterocycles. The first-order chi connectivity index (χ1) is 13.4. The van der Waals surface area contributed by atoms with Gasteiger partial charge >= 0.3 is 0 Å². The van der Waals surface area contributed by atoms with Crippen molar-refractivity contribution in [2.45, 2.75) is 13.8 Å². The molecule has 4 aromatic rings. The number of hydrogen-bond acceptors (Lipinski definition) is 1. The summed E-state index contributed by atoms with van der Waals surface area (Å²) in [6.45, 7) is 4.00. The van der Waals surface area contributed by atoms with Crippen LogP contribution in [0.2, 0.25) is 0 Å². The lowest BCUT2D eigenvalue weighted by molar-refractivity contribution is 0.483. The summed E-state index contributed by atoms with van der Waals surface area (Å²) in [6, 6.07) is 37.1. The number of ether oxygens (including phenoxy) is 1. The van der Waals surface area contributed by atoms with Crippen LogP contribution in [0.5, 0.6) is 11.5 Å². The molecule has 0 aliphatic carbocycles. The van der Waals surface area contributed by atoms with Crippen molar-refractivity contribution in [3.63, 3.8) is 0 Å². The third-order valence-electron chi connectivity index (χ3n) is 4.16. The molecule has 1 heteroatoms. The van der Waals surface area contributed by atoms with E-state index < -0.39 is 0 Å². The van der Waals surface area contributed by atoms with Crippen molar-refractivity contribution in [3.8, 4) is 33.8 Å². The van der Waals surface area contributed by atoms with E-state index in [-0.39, 0.29) is 0 Å². The smallest absolute Gasteiger partial charge is 0.127 e. The monoisotopic (exact) mass is 352 g/mol. The summed E-state index contributed by atoms with van der Waals surface area (Å²) in [4.78, 5) is 0. The lowest BCUT2D eigenvalue weighted by Gasteiger charge is -2.08. The number of rotatable bonds is 4. The fourth-order valence-corrected chi connectivity index (χ4v) is 2.83. The average molecular weight is 352 g/mol. The van der Waals surface area contributed by atoms with E-state index in [1.54, 1.807) is 0 Å². The van der Waals surface area contributed by atoms with Gasteiger partial charge in [0.1, 0.15) is 11.5 Å². The Kier molecular flexibility index (Phi) is 6.43. The van der Waals surface area contributed by atoms with Gasteiger partial charge in [-0.15, -0.1) is 0 Å². The SMILES string of the molecule is CC.c1ccc(-c2ccc(Oc3ccc(-c4ccccc4)cc3)cc2)cc1. The summed E-state index contributed by atoms with van der Waals surface area (Å²) < 4.78 is 5.96. The Morgan fingerprint density at radius 3 is 1.00 bits per heavy atom. The topological polar surface area (TPSA) is 9.23 Å². The highest BCUT2D eigenvalue weighted by atomic mass is 16.5. The molecule has 0 amide bonds. The van der Waals surface area contributed by atoms with Crippen LogP contribution in [0.1, 0.15) is 13.8 Å². The van der Waals surface area contributed by atoms with E-state index in [2.05, 4.69) is 48.5 Å². The molecule has 0 aliphatic rings. The molecular weight excluding hydrogens is 328 g/mol. The van der Waals surface area contributed by atoms with Gasteiger partial charge < -0.3 is 4.74 Å². The molecule has 0 saturated heterocycles. The molecule has 0 atom stereocenters. The van der Waals surface area contributed by atoms with Crippen molar-refractivity contribution in [2.24, 2.45) is 0 Å². The molecule has 0 spiro atoms. The van der Waals surface area contributed by atoms with Crippen LogP contribution in [0, 0.1) is 0 Å². The molecule has 4 rings (SSSR count). The van der Waals surface area contributed by atoms with E-state index in [0.29, 0.717) is 0 Å². The molecule has 0 N–H and O–H groups in total. The zero-order valence-electron chi connectivity index (χ0n) is 15.8. The molecule has 134 valence electrons. The molecular formula is C26H24O. The average Bonchev–Trinajstić information content (AvgIpc) is 2.77. The van der Waals surface area contributed by atoms with E-state index in [1.165, 1.54) is 22.3 Å². The highest BCUT2D eigenvalue weighted by Crippen LogP contribution is 2.27. The van der Waals surface area contributed by atoms with Crippen LogP contribution in [0.3, 0.4) is 0 Å². The standard InChI is InChI=1S/C24H18O.C2H6/c1-3-7-19(8-4-1)21-11-15-23(16-12-21)25-24-17-13-22(14-18-24)20-9-5-2-6-10-20;1-2/h1-18H;1-2H3. The molecule has 0 radical (unpaired) electrons. The summed E-state index contributed by atoms with van der Waals surface area (Å²) in [7, 11) is 0. The normalized spacial score (nSPS) is 9.85. The second kappa shape index (κ2) is 9.40. The van der Waals surface area contributed by atoms with Crippen LogP contribution in [-0.4, -0.2) is 0 Å². The fourth-order valence-electron chi connectivity index (χ4n) is 2.83. The zero-order valence-corrected chi connectivity index (χ0v) is 15.8. The number of benzene rings is 4.